The van der Waals surface area contributed by atoms with Crippen LogP contribution >= 0.6 is 0 Å². The van der Waals surface area contributed by atoms with Crippen molar-refractivity contribution in [2.75, 3.05) is 41.5 Å². The lowest BCUT2D eigenvalue weighted by Crippen LogP contribution is -2.37. The average Bonchev–Trinajstić information content (AvgIpc) is 3.40. The molecule has 2 fully saturated rings. The fourth-order valence-electron chi connectivity index (χ4n) is 7.62. The molecule has 2 unspecified atom stereocenters. The zero-order valence-electron chi connectivity index (χ0n) is 32.3. The Bertz CT molecular complexity index is 1840. The van der Waals surface area contributed by atoms with Crippen LogP contribution in [0.2, 0.25) is 0 Å². The lowest BCUT2D eigenvalue weighted by molar-refractivity contribution is 0.0239. The lowest BCUT2D eigenvalue weighted by atomic mass is 9.89. The molecule has 1 N–H and O–H groups in total. The smallest absolute Gasteiger partial charge is 0.410 e. The number of benzene rings is 2. The lowest BCUT2D eigenvalue weighted by Gasteiger charge is -2.26. The molecule has 2 aromatic heterocycles. The van der Waals surface area contributed by atoms with Gasteiger partial charge in [0.05, 0.1) is 52.1 Å². The monoisotopic (exact) mass is 731 g/mol. The van der Waals surface area contributed by atoms with Crippen LogP contribution in [0.25, 0.3) is 5.65 Å². The van der Waals surface area contributed by atoms with Gasteiger partial charge in [0, 0.05) is 37.1 Å². The van der Waals surface area contributed by atoms with Gasteiger partial charge >= 0.3 is 12.1 Å². The quantitative estimate of drug-likeness (QED) is 0.145. The average molecular weight is 732 g/mol. The molecular formula is C40H53N5O8. The number of imidazole rings is 1. The van der Waals surface area contributed by atoms with E-state index >= 15 is 0 Å². The summed E-state index contributed by atoms with van der Waals surface area (Å²) in [6.07, 6.45) is 3.20. The van der Waals surface area contributed by atoms with E-state index in [4.69, 9.17) is 43.5 Å². The van der Waals surface area contributed by atoms with Gasteiger partial charge in [-0.3, -0.25) is 0 Å². The van der Waals surface area contributed by atoms with Crippen molar-refractivity contribution in [1.29, 1.82) is 0 Å². The van der Waals surface area contributed by atoms with Gasteiger partial charge in [0.25, 0.3) is 0 Å². The summed E-state index contributed by atoms with van der Waals surface area (Å²) < 4.78 is 36.3. The van der Waals surface area contributed by atoms with E-state index in [1.807, 2.05) is 64.1 Å². The molecule has 2 aliphatic rings. The van der Waals surface area contributed by atoms with Gasteiger partial charge in [-0.05, 0) is 82.1 Å². The highest BCUT2D eigenvalue weighted by Crippen LogP contribution is 2.57. The van der Waals surface area contributed by atoms with Crippen LogP contribution in [0.4, 0.5) is 4.79 Å². The summed E-state index contributed by atoms with van der Waals surface area (Å²) in [5.74, 6) is 2.76. The molecular weight excluding hydrogens is 678 g/mol. The minimum atomic E-state index is -0.855. The Morgan fingerprint density at radius 1 is 0.925 bits per heavy atom. The number of carbonyl (C=O) groups is 1. The standard InChI is InChI=1S/C40H53N5O8/c1-10-11-23(2)52-38-42-35(26(16-24-12-14-27(48-6)18-32(24)50-8)17-25-13-15-28(49-7)19-33(25)51-9)37-41-20-31(45(37)43-38)36(46)34-29-21-44(22-30(29)34)39(47)53-40(3,4)5/h12-15,18-20,23,26,29-30,34,36,46H,10-11,16-17,21-22H2,1-9H3/t23-,29-,30+,34?,36?/m0/s1. The van der Waals surface area contributed by atoms with Crippen LogP contribution < -0.4 is 23.7 Å². The summed E-state index contributed by atoms with van der Waals surface area (Å²) in [5.41, 5.74) is 3.09. The van der Waals surface area contributed by atoms with Crippen molar-refractivity contribution in [3.63, 3.8) is 0 Å². The maximum Gasteiger partial charge on any atom is 0.410 e. The first kappa shape index (κ1) is 38.0. The number of aliphatic hydroxyl groups excluding tert-OH is 1. The molecule has 1 amide bonds. The number of rotatable bonds is 15. The predicted molar refractivity (Wildman–Crippen MR) is 198 cm³/mol. The Labute approximate surface area is 311 Å². The van der Waals surface area contributed by atoms with E-state index in [1.165, 1.54) is 0 Å². The van der Waals surface area contributed by atoms with Gasteiger partial charge in [0.15, 0.2) is 5.65 Å². The highest BCUT2D eigenvalue weighted by atomic mass is 16.6. The summed E-state index contributed by atoms with van der Waals surface area (Å²) in [6.45, 7) is 10.8. The number of methoxy groups -OCH3 is 4. The second-order valence-electron chi connectivity index (χ2n) is 15.1. The number of aliphatic hydroxyl groups is 1. The van der Waals surface area contributed by atoms with Gasteiger partial charge in [-0.15, -0.1) is 5.10 Å². The van der Waals surface area contributed by atoms with E-state index in [1.54, 1.807) is 44.1 Å². The highest BCUT2D eigenvalue weighted by Gasteiger charge is 2.60. The maximum atomic E-state index is 12.8. The Hall–Kier alpha value is -4.78. The third-order valence-corrected chi connectivity index (χ3v) is 10.3. The van der Waals surface area contributed by atoms with Crippen LogP contribution in [0.1, 0.15) is 82.0 Å². The van der Waals surface area contributed by atoms with E-state index in [9.17, 15) is 9.90 Å². The Morgan fingerprint density at radius 3 is 2.02 bits per heavy atom. The third kappa shape index (κ3) is 8.24. The number of likely N-dealkylation sites (tertiary alicyclic amines) is 1. The zero-order valence-corrected chi connectivity index (χ0v) is 32.3. The third-order valence-electron chi connectivity index (χ3n) is 10.3. The SMILES string of the molecule is CCC[C@H](C)Oc1nc(C(Cc2ccc(OC)cc2OC)Cc2ccc(OC)cc2OC)c2ncc(C(O)C3[C@H]4CN(C(=O)OC(C)(C)C)C[C@@H]34)n2n1. The topological polar surface area (TPSA) is 139 Å². The van der Waals surface area contributed by atoms with E-state index in [-0.39, 0.29) is 41.9 Å². The van der Waals surface area contributed by atoms with E-state index in [0.29, 0.717) is 66.0 Å². The minimum Gasteiger partial charge on any atom is -0.497 e. The highest BCUT2D eigenvalue weighted by molar-refractivity contribution is 5.69. The van der Waals surface area contributed by atoms with Crippen molar-refractivity contribution in [1.82, 2.24) is 24.5 Å². The van der Waals surface area contributed by atoms with E-state index < -0.39 is 11.7 Å². The molecule has 6 rings (SSSR count). The molecule has 0 spiro atoms. The van der Waals surface area contributed by atoms with E-state index in [2.05, 4.69) is 6.92 Å². The van der Waals surface area contributed by atoms with Crippen molar-refractivity contribution < 1.29 is 38.3 Å². The summed E-state index contributed by atoms with van der Waals surface area (Å²) in [7, 11) is 6.54. The normalized spacial score (nSPS) is 19.2. The molecule has 3 heterocycles. The molecule has 1 aliphatic heterocycles. The number of hydrogen-bond donors (Lipinski definition) is 1. The van der Waals surface area contributed by atoms with E-state index in [0.717, 1.165) is 24.0 Å². The second kappa shape index (κ2) is 15.7. The van der Waals surface area contributed by atoms with Crippen molar-refractivity contribution in [2.45, 2.75) is 84.0 Å². The van der Waals surface area contributed by atoms with Gasteiger partial charge in [0.2, 0.25) is 0 Å². The number of aromatic nitrogens is 4. The van der Waals surface area contributed by atoms with Gasteiger partial charge < -0.3 is 38.4 Å². The van der Waals surface area contributed by atoms with Crippen LogP contribution in [0.5, 0.6) is 29.0 Å². The fraction of sp³-hybridized carbons (Fsp3) is 0.550. The minimum absolute atomic E-state index is 0.0432. The van der Waals surface area contributed by atoms with Crippen LogP contribution in [-0.2, 0) is 17.6 Å². The molecule has 0 radical (unpaired) electrons. The Kier molecular flexibility index (Phi) is 11.2. The van der Waals surface area contributed by atoms with Gasteiger partial charge in [0.1, 0.15) is 34.7 Å². The molecule has 13 nitrogen and oxygen atoms in total. The number of hydrogen-bond acceptors (Lipinski definition) is 11. The van der Waals surface area contributed by atoms with Crippen LogP contribution in [-0.4, -0.2) is 88.9 Å². The van der Waals surface area contributed by atoms with Crippen molar-refractivity contribution in [3.05, 3.63) is 65.1 Å². The van der Waals surface area contributed by atoms with Crippen LogP contribution in [0, 0.1) is 17.8 Å². The zero-order chi connectivity index (χ0) is 38.0. The number of carbonyl (C=O) groups excluding carboxylic acids is 1. The Balaban J connectivity index is 1.40. The molecule has 53 heavy (non-hydrogen) atoms. The number of piperidine rings is 1. The molecule has 4 aromatic rings. The summed E-state index contributed by atoms with van der Waals surface area (Å²) in [6, 6.07) is 11.8. The van der Waals surface area contributed by atoms with Gasteiger partial charge in [-0.1, -0.05) is 25.5 Å². The van der Waals surface area contributed by atoms with Crippen LogP contribution in [0.15, 0.2) is 42.6 Å². The molecule has 0 bridgehead atoms. The summed E-state index contributed by atoms with van der Waals surface area (Å²) >= 11 is 0. The number of nitrogens with zero attached hydrogens (tertiary/aromatic N) is 5. The van der Waals surface area contributed by atoms with Crippen molar-refractivity contribution in [3.8, 4) is 29.0 Å². The summed E-state index contributed by atoms with van der Waals surface area (Å²) in [5, 5.41) is 16.7. The molecule has 5 atom stereocenters. The van der Waals surface area contributed by atoms with Gasteiger partial charge in [-0.2, -0.15) is 4.98 Å². The Morgan fingerprint density at radius 2 is 1.51 bits per heavy atom. The van der Waals surface area contributed by atoms with Crippen molar-refractivity contribution >= 4 is 11.7 Å². The molecule has 1 aliphatic carbocycles. The number of ether oxygens (including phenoxy) is 6. The fourth-order valence-corrected chi connectivity index (χ4v) is 7.62. The van der Waals surface area contributed by atoms with Crippen LogP contribution in [0.3, 0.4) is 0 Å². The first-order valence-electron chi connectivity index (χ1n) is 18.4. The van der Waals surface area contributed by atoms with Crippen molar-refractivity contribution in [2.24, 2.45) is 17.8 Å². The molecule has 13 heteroatoms. The molecule has 286 valence electrons. The predicted octanol–water partition coefficient (Wildman–Crippen LogP) is 6.44. The number of amides is 1. The first-order valence-corrected chi connectivity index (χ1v) is 18.4. The molecule has 1 saturated heterocycles. The molecule has 2 aromatic carbocycles. The largest absolute Gasteiger partial charge is 0.497 e. The van der Waals surface area contributed by atoms with Gasteiger partial charge in [-0.25, -0.2) is 14.3 Å². The number of fused-ring (bicyclic) bond motifs is 2. The molecule has 1 saturated carbocycles. The first-order chi connectivity index (χ1) is 25.4. The second-order valence-corrected chi connectivity index (χ2v) is 15.1. The maximum absolute atomic E-state index is 12.8. The summed E-state index contributed by atoms with van der Waals surface area (Å²) in [4.78, 5) is 24.4.